The maximum Gasteiger partial charge on any atom is 0.410 e. The molecule has 1 aromatic carbocycles. The number of aromatic nitrogens is 3. The molecule has 1 aromatic heterocycles. The summed E-state index contributed by atoms with van der Waals surface area (Å²) in [5, 5.41) is 8.35. The largest absolute Gasteiger partial charge is 0.444 e. The van der Waals surface area contributed by atoms with Crippen LogP contribution in [0.1, 0.15) is 33.6 Å². The molecule has 1 aliphatic heterocycles. The molecule has 7 heteroatoms. The smallest absolute Gasteiger partial charge is 0.410 e. The molecule has 3 rings (SSSR count). The lowest BCUT2D eigenvalue weighted by atomic mass is 10.2. The van der Waals surface area contributed by atoms with E-state index in [1.165, 1.54) is 0 Å². The van der Waals surface area contributed by atoms with Gasteiger partial charge in [0.15, 0.2) is 0 Å². The van der Waals surface area contributed by atoms with Crippen molar-refractivity contribution in [3.05, 3.63) is 18.2 Å². The van der Waals surface area contributed by atoms with Crippen LogP contribution in [0, 0.1) is 0 Å². The first kappa shape index (κ1) is 15.6. The number of carbonyl (C=O) groups is 1. The summed E-state index contributed by atoms with van der Waals surface area (Å²) in [6.45, 7) is 6.95. The molecule has 1 unspecified atom stereocenters. The van der Waals surface area contributed by atoms with Crippen LogP contribution in [0.4, 0.5) is 10.5 Å². The minimum atomic E-state index is -0.487. The van der Waals surface area contributed by atoms with E-state index in [1.807, 2.05) is 43.7 Å². The summed E-state index contributed by atoms with van der Waals surface area (Å²) in [6, 6.07) is 5.59. The summed E-state index contributed by atoms with van der Waals surface area (Å²) in [5.74, 6) is 0. The molecule has 7 nitrogen and oxygen atoms in total. The summed E-state index contributed by atoms with van der Waals surface area (Å²) >= 11 is 0. The Morgan fingerprint density at radius 2 is 2.22 bits per heavy atom. The molecule has 1 atom stereocenters. The average Bonchev–Trinajstić information content (AvgIpc) is 3.05. The lowest BCUT2D eigenvalue weighted by molar-refractivity contribution is 0.0212. The normalized spacial score (nSPS) is 18.6. The van der Waals surface area contributed by atoms with Crippen LogP contribution in [-0.4, -0.2) is 44.2 Å². The van der Waals surface area contributed by atoms with Gasteiger partial charge in [-0.3, -0.25) is 0 Å². The number of amides is 1. The van der Waals surface area contributed by atoms with Crippen molar-refractivity contribution in [1.29, 1.82) is 0 Å². The number of rotatable bonds is 2. The number of hydrogen-bond donors (Lipinski definition) is 1. The minimum absolute atomic E-state index is 0.0659. The number of likely N-dealkylation sites (tertiary alicyclic amines) is 1. The lowest BCUT2D eigenvalue weighted by Gasteiger charge is -2.28. The second-order valence-corrected chi connectivity index (χ2v) is 6.99. The monoisotopic (exact) mass is 317 g/mol. The zero-order chi connectivity index (χ0) is 16.6. The van der Waals surface area contributed by atoms with Crippen molar-refractivity contribution in [3.63, 3.8) is 0 Å². The van der Waals surface area contributed by atoms with Crippen molar-refractivity contribution < 1.29 is 9.53 Å². The second kappa shape index (κ2) is 5.72. The van der Waals surface area contributed by atoms with Gasteiger partial charge in [0.2, 0.25) is 0 Å². The number of nitrogens with zero attached hydrogens (tertiary/aromatic N) is 4. The Morgan fingerprint density at radius 1 is 1.43 bits per heavy atom. The molecule has 1 amide bonds. The van der Waals surface area contributed by atoms with E-state index in [1.54, 1.807) is 4.90 Å². The van der Waals surface area contributed by atoms with Gasteiger partial charge in [0.25, 0.3) is 0 Å². The Labute approximate surface area is 135 Å². The van der Waals surface area contributed by atoms with Crippen LogP contribution in [0.15, 0.2) is 18.2 Å². The highest BCUT2D eigenvalue weighted by atomic mass is 16.6. The molecule has 2 heterocycles. The molecule has 1 fully saturated rings. The number of fused-ring (bicyclic) bond motifs is 1. The number of ether oxygens (including phenoxy) is 1. The first-order valence-corrected chi connectivity index (χ1v) is 7.92. The Balaban J connectivity index is 1.78. The molecular formula is C16H23N5O2. The van der Waals surface area contributed by atoms with Crippen molar-refractivity contribution in [2.24, 2.45) is 0 Å². The molecular weight excluding hydrogens is 294 g/mol. The van der Waals surface area contributed by atoms with E-state index in [0.717, 1.165) is 23.9 Å². The van der Waals surface area contributed by atoms with Gasteiger partial charge in [0.05, 0.1) is 18.1 Å². The standard InChI is InChI=1S/C16H23N5O2/c1-16(2,3)23-15(22)20-8-4-5-12(20)10-21-14-9-11(17)6-7-13(14)18-19-21/h6-7,9,12H,4-5,8,10,17H2,1-3H3. The van der Waals surface area contributed by atoms with Crippen LogP contribution in [0.25, 0.3) is 11.0 Å². The first-order chi connectivity index (χ1) is 10.8. The van der Waals surface area contributed by atoms with Gasteiger partial charge >= 0.3 is 6.09 Å². The number of hydrogen-bond acceptors (Lipinski definition) is 5. The van der Waals surface area contributed by atoms with Crippen LogP contribution in [0.2, 0.25) is 0 Å². The van der Waals surface area contributed by atoms with Crippen molar-refractivity contribution in [3.8, 4) is 0 Å². The number of anilines is 1. The third kappa shape index (κ3) is 3.38. The molecule has 124 valence electrons. The molecule has 2 N–H and O–H groups in total. The van der Waals surface area contributed by atoms with Gasteiger partial charge in [-0.05, 0) is 51.8 Å². The van der Waals surface area contributed by atoms with E-state index in [-0.39, 0.29) is 12.1 Å². The van der Waals surface area contributed by atoms with Gasteiger partial charge in [-0.2, -0.15) is 0 Å². The van der Waals surface area contributed by atoms with Gasteiger partial charge in [-0.1, -0.05) is 5.21 Å². The third-order valence-corrected chi connectivity index (χ3v) is 3.93. The first-order valence-electron chi connectivity index (χ1n) is 7.92. The maximum atomic E-state index is 12.4. The Hall–Kier alpha value is -2.31. The zero-order valence-corrected chi connectivity index (χ0v) is 13.8. The maximum absolute atomic E-state index is 12.4. The number of nitrogens with two attached hydrogens (primary N) is 1. The highest BCUT2D eigenvalue weighted by Gasteiger charge is 2.32. The summed E-state index contributed by atoms with van der Waals surface area (Å²) in [5.41, 5.74) is 7.74. The van der Waals surface area contributed by atoms with E-state index >= 15 is 0 Å². The van der Waals surface area contributed by atoms with E-state index in [4.69, 9.17) is 10.5 Å². The third-order valence-electron chi connectivity index (χ3n) is 3.93. The summed E-state index contributed by atoms with van der Waals surface area (Å²) in [6.07, 6.45) is 1.64. The Morgan fingerprint density at radius 3 is 2.96 bits per heavy atom. The van der Waals surface area contributed by atoms with Crippen LogP contribution in [-0.2, 0) is 11.3 Å². The Kier molecular flexibility index (Phi) is 3.87. The van der Waals surface area contributed by atoms with Crippen LogP contribution in [0.3, 0.4) is 0 Å². The van der Waals surface area contributed by atoms with Gasteiger partial charge in [-0.25, -0.2) is 9.48 Å². The molecule has 0 spiro atoms. The van der Waals surface area contributed by atoms with Crippen LogP contribution < -0.4 is 5.73 Å². The van der Waals surface area contributed by atoms with E-state index in [9.17, 15) is 4.79 Å². The molecule has 0 bridgehead atoms. The fraction of sp³-hybridized carbons (Fsp3) is 0.562. The zero-order valence-electron chi connectivity index (χ0n) is 13.8. The van der Waals surface area contributed by atoms with E-state index in [2.05, 4.69) is 10.3 Å². The summed E-state index contributed by atoms with van der Waals surface area (Å²) in [7, 11) is 0. The minimum Gasteiger partial charge on any atom is -0.444 e. The fourth-order valence-corrected chi connectivity index (χ4v) is 2.90. The highest BCUT2D eigenvalue weighted by molar-refractivity contribution is 5.78. The van der Waals surface area contributed by atoms with Crippen molar-refractivity contribution in [2.45, 2.75) is 51.8 Å². The second-order valence-electron chi connectivity index (χ2n) is 6.99. The van der Waals surface area contributed by atoms with E-state index in [0.29, 0.717) is 18.8 Å². The molecule has 0 aliphatic carbocycles. The van der Waals surface area contributed by atoms with Crippen LogP contribution in [0.5, 0.6) is 0 Å². The SMILES string of the molecule is CC(C)(C)OC(=O)N1CCCC1Cn1nnc2ccc(N)cc21. The lowest BCUT2D eigenvalue weighted by Crippen LogP contribution is -2.41. The quantitative estimate of drug-likeness (QED) is 0.860. The highest BCUT2D eigenvalue weighted by Crippen LogP contribution is 2.23. The summed E-state index contributed by atoms with van der Waals surface area (Å²) < 4.78 is 7.32. The Bertz CT molecular complexity index is 719. The fourth-order valence-electron chi connectivity index (χ4n) is 2.90. The molecule has 2 aromatic rings. The van der Waals surface area contributed by atoms with Gasteiger partial charge in [-0.15, -0.1) is 5.10 Å². The van der Waals surface area contributed by atoms with E-state index < -0.39 is 5.60 Å². The number of nitrogen functional groups attached to an aromatic ring is 1. The molecule has 0 saturated carbocycles. The molecule has 1 aliphatic rings. The van der Waals surface area contributed by atoms with Crippen molar-refractivity contribution in [1.82, 2.24) is 19.9 Å². The predicted octanol–water partition coefficient (Wildman–Crippen LogP) is 2.41. The molecule has 0 radical (unpaired) electrons. The van der Waals surface area contributed by atoms with Gasteiger partial charge in [0, 0.05) is 12.2 Å². The number of benzene rings is 1. The van der Waals surface area contributed by atoms with Gasteiger partial charge in [0.1, 0.15) is 11.1 Å². The molecule has 1 saturated heterocycles. The molecule has 23 heavy (non-hydrogen) atoms. The van der Waals surface area contributed by atoms with Crippen LogP contribution >= 0.6 is 0 Å². The van der Waals surface area contributed by atoms with Gasteiger partial charge < -0.3 is 15.4 Å². The van der Waals surface area contributed by atoms with Crippen molar-refractivity contribution in [2.75, 3.05) is 12.3 Å². The topological polar surface area (TPSA) is 86.3 Å². The predicted molar refractivity (Wildman–Crippen MR) is 87.9 cm³/mol. The average molecular weight is 317 g/mol. The summed E-state index contributed by atoms with van der Waals surface area (Å²) in [4.78, 5) is 14.2. The number of carbonyl (C=O) groups excluding carboxylic acids is 1. The van der Waals surface area contributed by atoms with Crippen molar-refractivity contribution >= 4 is 22.8 Å².